The molecular weight excluding hydrogens is 419 g/mol. The lowest BCUT2D eigenvalue weighted by Gasteiger charge is -2.20. The second kappa shape index (κ2) is 8.95. The zero-order valence-electron chi connectivity index (χ0n) is 16.5. The fraction of sp³-hybridized carbons (Fsp3) is 0.400. The molecule has 1 atom stereocenters. The van der Waals surface area contributed by atoms with Gasteiger partial charge in [-0.1, -0.05) is 25.1 Å². The minimum atomic E-state index is -4.83. The first-order valence-electron chi connectivity index (χ1n) is 9.39. The summed E-state index contributed by atoms with van der Waals surface area (Å²) < 4.78 is 41.6. The third-order valence-corrected chi connectivity index (χ3v) is 6.02. The molecule has 2 N–H and O–H groups in total. The molecule has 0 bridgehead atoms. The number of hydrogen-bond donors (Lipinski definition) is 2. The third kappa shape index (κ3) is 5.65. The van der Waals surface area contributed by atoms with Crippen molar-refractivity contribution in [2.24, 2.45) is 5.92 Å². The van der Waals surface area contributed by atoms with Crippen LogP contribution in [0.3, 0.4) is 0 Å². The fourth-order valence-electron chi connectivity index (χ4n) is 3.27. The van der Waals surface area contributed by atoms with Crippen molar-refractivity contribution < 1.29 is 27.5 Å². The topological polar surface area (TPSA) is 70.7 Å². The van der Waals surface area contributed by atoms with Gasteiger partial charge in [0.25, 0.3) is 5.91 Å². The lowest BCUT2D eigenvalue weighted by molar-refractivity contribution is -0.275. The summed E-state index contributed by atoms with van der Waals surface area (Å²) in [6.07, 6.45) is -1.85. The van der Waals surface area contributed by atoms with Crippen molar-refractivity contribution in [1.82, 2.24) is 15.8 Å². The molecule has 1 aromatic carbocycles. The summed E-state index contributed by atoms with van der Waals surface area (Å²) in [5, 5.41) is 0. The van der Waals surface area contributed by atoms with Crippen molar-refractivity contribution in [3.8, 4) is 5.75 Å². The molecule has 1 aliphatic carbocycles. The number of carbonyl (C=O) groups excluding carboxylic acids is 2. The van der Waals surface area contributed by atoms with Gasteiger partial charge in [0.1, 0.15) is 5.75 Å². The molecule has 1 heterocycles. The molecule has 162 valence electrons. The normalized spacial score (nSPS) is 15.8. The number of rotatable bonds is 4. The second-order valence-corrected chi connectivity index (χ2v) is 8.44. The molecule has 0 spiro atoms. The van der Waals surface area contributed by atoms with E-state index in [1.54, 1.807) is 6.07 Å². The number of hydrogen-bond acceptors (Lipinski definition) is 4. The molecule has 30 heavy (non-hydrogen) atoms. The van der Waals surface area contributed by atoms with E-state index in [1.807, 2.05) is 6.07 Å². The Labute approximate surface area is 176 Å². The number of aryl methyl sites for hydroxylation is 1. The van der Waals surface area contributed by atoms with E-state index in [1.165, 1.54) is 47.0 Å². The van der Waals surface area contributed by atoms with Crippen LogP contribution in [0.25, 0.3) is 0 Å². The maximum absolute atomic E-state index is 12.5. The summed E-state index contributed by atoms with van der Waals surface area (Å²) >= 11 is 1.42. The Morgan fingerprint density at radius 2 is 2.00 bits per heavy atom. The molecule has 0 radical (unpaired) electrons. The van der Waals surface area contributed by atoms with E-state index >= 15 is 0 Å². The predicted octanol–water partition coefficient (Wildman–Crippen LogP) is 4.26. The van der Waals surface area contributed by atoms with Crippen LogP contribution in [0.15, 0.2) is 30.3 Å². The van der Waals surface area contributed by atoms with Crippen molar-refractivity contribution in [3.05, 3.63) is 51.2 Å². The molecule has 0 aliphatic heterocycles. The molecule has 0 saturated heterocycles. The molecule has 2 aromatic rings. The maximum Gasteiger partial charge on any atom is 0.573 e. The number of benzene rings is 1. The first-order valence-corrected chi connectivity index (χ1v) is 10.2. The van der Waals surface area contributed by atoms with Crippen molar-refractivity contribution in [3.63, 3.8) is 0 Å². The molecule has 0 saturated carbocycles. The molecule has 0 fully saturated rings. The van der Waals surface area contributed by atoms with E-state index in [9.17, 15) is 22.8 Å². The average Bonchev–Trinajstić information content (AvgIpc) is 3.09. The van der Waals surface area contributed by atoms with Crippen LogP contribution in [0.4, 0.5) is 18.0 Å². The van der Waals surface area contributed by atoms with Gasteiger partial charge in [-0.05, 0) is 42.9 Å². The summed E-state index contributed by atoms with van der Waals surface area (Å²) in [6.45, 7) is 2.04. The molecule has 6 nitrogen and oxygen atoms in total. The lowest BCUT2D eigenvalue weighted by Crippen LogP contribution is -2.47. The van der Waals surface area contributed by atoms with Crippen LogP contribution in [-0.2, 0) is 19.4 Å². The molecule has 1 aliphatic rings. The van der Waals surface area contributed by atoms with Crippen LogP contribution < -0.4 is 15.6 Å². The summed E-state index contributed by atoms with van der Waals surface area (Å²) in [5.74, 6) is -0.225. The molecule has 3 rings (SSSR count). The van der Waals surface area contributed by atoms with Gasteiger partial charge in [-0.2, -0.15) is 0 Å². The predicted molar refractivity (Wildman–Crippen MR) is 106 cm³/mol. The summed E-state index contributed by atoms with van der Waals surface area (Å²) in [5.41, 5.74) is 6.00. The largest absolute Gasteiger partial charge is 0.573 e. The van der Waals surface area contributed by atoms with Crippen LogP contribution in [-0.4, -0.2) is 30.2 Å². The highest BCUT2D eigenvalue weighted by Crippen LogP contribution is 2.32. The number of halogens is 3. The van der Waals surface area contributed by atoms with Crippen molar-refractivity contribution in [2.75, 3.05) is 7.05 Å². The Bertz CT molecular complexity index is 930. The maximum atomic E-state index is 12.5. The number of nitrogens with one attached hydrogen (secondary N) is 2. The summed E-state index contributed by atoms with van der Waals surface area (Å²) in [6, 6.07) is 6.75. The van der Waals surface area contributed by atoms with Crippen molar-refractivity contribution in [1.29, 1.82) is 0 Å². The van der Waals surface area contributed by atoms with Gasteiger partial charge in [0.15, 0.2) is 0 Å². The molecule has 1 unspecified atom stereocenters. The van der Waals surface area contributed by atoms with Gasteiger partial charge >= 0.3 is 12.4 Å². The van der Waals surface area contributed by atoms with Gasteiger partial charge in [-0.3, -0.25) is 10.2 Å². The first-order chi connectivity index (χ1) is 14.1. The van der Waals surface area contributed by atoms with Crippen LogP contribution in [0.1, 0.15) is 39.0 Å². The number of para-hydroxylation sites is 1. The number of alkyl halides is 3. The number of urea groups is 1. The highest BCUT2D eigenvalue weighted by atomic mass is 32.1. The Balaban J connectivity index is 1.56. The second-order valence-electron chi connectivity index (χ2n) is 7.30. The quantitative estimate of drug-likeness (QED) is 0.697. The monoisotopic (exact) mass is 441 g/mol. The van der Waals surface area contributed by atoms with Gasteiger partial charge in [0, 0.05) is 17.5 Å². The lowest BCUT2D eigenvalue weighted by atomic mass is 9.90. The Kier molecular flexibility index (Phi) is 6.55. The van der Waals surface area contributed by atoms with E-state index in [2.05, 4.69) is 22.5 Å². The fourth-order valence-corrected chi connectivity index (χ4v) is 4.37. The molecule has 10 heteroatoms. The van der Waals surface area contributed by atoms with E-state index in [4.69, 9.17) is 0 Å². The van der Waals surface area contributed by atoms with Crippen LogP contribution in [0.5, 0.6) is 5.75 Å². The molecular formula is C20H22F3N3O3S. The smallest absolute Gasteiger partial charge is 0.405 e. The summed E-state index contributed by atoms with van der Waals surface area (Å²) in [7, 11) is 1.40. The first kappa shape index (κ1) is 21.9. The van der Waals surface area contributed by atoms with Gasteiger partial charge in [-0.15, -0.1) is 24.5 Å². The number of ether oxygens (including phenoxy) is 1. The number of nitrogens with zero attached hydrogens (tertiary/aromatic N) is 1. The summed E-state index contributed by atoms with van der Waals surface area (Å²) in [4.78, 5) is 27.5. The van der Waals surface area contributed by atoms with E-state index in [0.29, 0.717) is 10.8 Å². The molecule has 3 amide bonds. The van der Waals surface area contributed by atoms with E-state index in [0.717, 1.165) is 24.2 Å². The molecule has 1 aromatic heterocycles. The van der Waals surface area contributed by atoms with Crippen LogP contribution in [0.2, 0.25) is 0 Å². The minimum absolute atomic E-state index is 0.140. The Hall–Kier alpha value is -2.75. The number of thiophene rings is 1. The Morgan fingerprint density at radius 3 is 2.73 bits per heavy atom. The van der Waals surface area contributed by atoms with Gasteiger partial charge in [0.05, 0.1) is 11.4 Å². The van der Waals surface area contributed by atoms with Gasteiger partial charge in [0.2, 0.25) is 0 Å². The van der Waals surface area contributed by atoms with E-state index in [-0.39, 0.29) is 17.9 Å². The highest BCUT2D eigenvalue weighted by molar-refractivity contribution is 7.14. The highest BCUT2D eigenvalue weighted by Gasteiger charge is 2.32. The average molecular weight is 441 g/mol. The number of hydrazine groups is 1. The van der Waals surface area contributed by atoms with Crippen LogP contribution >= 0.6 is 11.3 Å². The van der Waals surface area contributed by atoms with Gasteiger partial charge < -0.3 is 9.64 Å². The third-order valence-electron chi connectivity index (χ3n) is 4.79. The van der Waals surface area contributed by atoms with Crippen molar-refractivity contribution in [2.45, 2.75) is 39.1 Å². The van der Waals surface area contributed by atoms with Crippen molar-refractivity contribution >= 4 is 23.3 Å². The van der Waals surface area contributed by atoms with Crippen LogP contribution in [0, 0.1) is 5.92 Å². The number of fused-ring (bicyclic) bond motifs is 1. The number of carbonyl (C=O) groups is 2. The SMILES string of the molecule is CC1CCc2sc(C(=O)NNC(=O)N(C)Cc3ccccc3OC(F)(F)F)cc2C1. The van der Waals surface area contributed by atoms with Gasteiger partial charge in [-0.25, -0.2) is 10.2 Å². The zero-order valence-corrected chi connectivity index (χ0v) is 17.3. The Morgan fingerprint density at radius 1 is 1.27 bits per heavy atom. The standard InChI is InChI=1S/C20H22F3N3O3S/c1-12-7-8-16-14(9-12)10-17(30-16)18(27)24-25-19(28)26(2)11-13-5-3-4-6-15(13)29-20(21,22)23/h3-6,10,12H,7-9,11H2,1-2H3,(H,24,27)(H,25,28). The zero-order chi connectivity index (χ0) is 21.9. The number of amides is 3. The minimum Gasteiger partial charge on any atom is -0.405 e. The van der Waals surface area contributed by atoms with E-state index < -0.39 is 18.3 Å².